The summed E-state index contributed by atoms with van der Waals surface area (Å²) in [5.41, 5.74) is 7.53. The number of hydrogen-bond acceptors (Lipinski definition) is 5. The van der Waals surface area contributed by atoms with Crippen LogP contribution in [0.2, 0.25) is 0 Å². The van der Waals surface area contributed by atoms with E-state index in [-0.39, 0.29) is 0 Å². The lowest BCUT2D eigenvalue weighted by Gasteiger charge is -1.90. The standard InChI is InChI=1S/C2HN3O5/c3-4-5-10-2(8)9-1(6)7/h(H,6,7). The molecule has 0 aliphatic carbocycles. The fourth-order valence-electron chi connectivity index (χ4n) is 0.142. The number of nitrogens with zero attached hydrogens (tertiary/aromatic N) is 3. The molecule has 54 valence electrons. The molecular formula is C2HN3O5. The van der Waals surface area contributed by atoms with E-state index in [4.69, 9.17) is 10.6 Å². The molecule has 0 spiro atoms. The number of carboxylic acid groups (broad SMARTS) is 1. The summed E-state index contributed by atoms with van der Waals surface area (Å²) in [5.74, 6) is 0. The highest BCUT2D eigenvalue weighted by Crippen LogP contribution is 1.85. The molecule has 0 unspecified atom stereocenters. The molecule has 10 heavy (non-hydrogen) atoms. The predicted molar refractivity (Wildman–Crippen MR) is 24.7 cm³/mol. The lowest BCUT2D eigenvalue weighted by molar-refractivity contribution is 0.0549. The van der Waals surface area contributed by atoms with Crippen LogP contribution in [-0.2, 0) is 9.57 Å². The van der Waals surface area contributed by atoms with E-state index in [1.54, 1.807) is 0 Å². The first-order chi connectivity index (χ1) is 4.66. The van der Waals surface area contributed by atoms with Gasteiger partial charge in [0.15, 0.2) is 0 Å². The second kappa shape index (κ2) is 3.98. The molecule has 0 aliphatic heterocycles. The third-order valence-corrected chi connectivity index (χ3v) is 0.323. The van der Waals surface area contributed by atoms with E-state index in [0.717, 1.165) is 0 Å². The van der Waals surface area contributed by atoms with Gasteiger partial charge in [-0.1, -0.05) is 0 Å². The van der Waals surface area contributed by atoms with Gasteiger partial charge in [0.05, 0.1) is 0 Å². The van der Waals surface area contributed by atoms with Crippen molar-refractivity contribution in [2.75, 3.05) is 0 Å². The summed E-state index contributed by atoms with van der Waals surface area (Å²) in [4.78, 5) is 24.9. The third kappa shape index (κ3) is 4.22. The normalized spacial score (nSPS) is 7.20. The van der Waals surface area contributed by atoms with Gasteiger partial charge in [-0.05, 0) is 5.53 Å². The molecule has 0 bridgehead atoms. The summed E-state index contributed by atoms with van der Waals surface area (Å²) in [7, 11) is 0. The van der Waals surface area contributed by atoms with Crippen LogP contribution in [0.1, 0.15) is 0 Å². The number of azide groups is 1. The van der Waals surface area contributed by atoms with Crippen molar-refractivity contribution in [3.8, 4) is 0 Å². The number of hydrogen-bond donors (Lipinski definition) is 1. The summed E-state index contributed by atoms with van der Waals surface area (Å²) in [6.45, 7) is 0. The quantitative estimate of drug-likeness (QED) is 0.148. The van der Waals surface area contributed by atoms with Crippen LogP contribution in [-0.4, -0.2) is 17.4 Å². The van der Waals surface area contributed by atoms with Gasteiger partial charge in [0.2, 0.25) is 0 Å². The van der Waals surface area contributed by atoms with Crippen molar-refractivity contribution >= 4 is 12.3 Å². The highest BCUT2D eigenvalue weighted by atomic mass is 16.8. The Labute approximate surface area is 53.5 Å². The van der Waals surface area contributed by atoms with E-state index in [0.29, 0.717) is 0 Å². The van der Waals surface area contributed by atoms with Gasteiger partial charge in [-0.25, -0.2) is 9.59 Å². The highest BCUT2D eigenvalue weighted by Gasteiger charge is 2.07. The van der Waals surface area contributed by atoms with E-state index in [1.807, 2.05) is 4.91 Å². The van der Waals surface area contributed by atoms with Gasteiger partial charge in [0, 0.05) is 4.91 Å². The Morgan fingerprint density at radius 3 is 2.60 bits per heavy atom. The first kappa shape index (κ1) is 8.05. The Kier molecular flexibility index (Phi) is 3.21. The molecule has 0 aromatic rings. The maximum Gasteiger partial charge on any atom is 0.530 e. The maximum atomic E-state index is 9.92. The zero-order chi connectivity index (χ0) is 7.98. The summed E-state index contributed by atoms with van der Waals surface area (Å²) in [6.07, 6.45) is -3.43. The zero-order valence-electron chi connectivity index (χ0n) is 4.42. The fourth-order valence-corrected chi connectivity index (χ4v) is 0.142. The van der Waals surface area contributed by atoms with Gasteiger partial charge in [-0.2, -0.15) is 0 Å². The smallest absolute Gasteiger partial charge is 0.449 e. The van der Waals surface area contributed by atoms with Crippen LogP contribution in [0.15, 0.2) is 5.28 Å². The number of rotatable bonds is 1. The van der Waals surface area contributed by atoms with Crippen LogP contribution >= 0.6 is 0 Å². The average molecular weight is 147 g/mol. The van der Waals surface area contributed by atoms with Crippen LogP contribution in [0.25, 0.3) is 10.4 Å². The SMILES string of the molecule is [N-]=[N+]=NOC(=O)OC(=O)O. The lowest BCUT2D eigenvalue weighted by Crippen LogP contribution is -2.08. The average Bonchev–Trinajstić information content (AvgIpc) is 1.82. The highest BCUT2D eigenvalue weighted by molar-refractivity contribution is 5.75. The number of carbonyl (C=O) groups is 2. The molecular weight excluding hydrogens is 146 g/mol. The first-order valence-electron chi connectivity index (χ1n) is 1.83. The second-order valence-corrected chi connectivity index (χ2v) is 0.880. The van der Waals surface area contributed by atoms with E-state index in [2.05, 4.69) is 14.9 Å². The van der Waals surface area contributed by atoms with Crippen molar-refractivity contribution in [3.05, 3.63) is 10.4 Å². The van der Waals surface area contributed by atoms with Crippen LogP contribution in [0.4, 0.5) is 9.59 Å². The van der Waals surface area contributed by atoms with Gasteiger partial charge >= 0.3 is 12.3 Å². The first-order valence-corrected chi connectivity index (χ1v) is 1.83. The molecule has 0 radical (unpaired) electrons. The van der Waals surface area contributed by atoms with Gasteiger partial charge in [-0.15, -0.1) is 0 Å². The van der Waals surface area contributed by atoms with Gasteiger partial charge in [0.1, 0.15) is 5.28 Å². The van der Waals surface area contributed by atoms with Gasteiger partial charge in [0.25, 0.3) is 0 Å². The number of carbonyl (C=O) groups excluding carboxylic acids is 1. The summed E-state index contributed by atoms with van der Waals surface area (Å²) in [6, 6.07) is 0. The topological polar surface area (TPSA) is 122 Å². The van der Waals surface area contributed by atoms with Crippen molar-refractivity contribution in [2.24, 2.45) is 5.28 Å². The largest absolute Gasteiger partial charge is 0.530 e. The molecule has 0 rings (SSSR count). The molecule has 0 atom stereocenters. The Hall–Kier alpha value is -1.95. The minimum Gasteiger partial charge on any atom is -0.449 e. The predicted octanol–water partition coefficient (Wildman–Crippen LogP) is 1.04. The van der Waals surface area contributed by atoms with Crippen LogP contribution in [0.5, 0.6) is 0 Å². The third-order valence-electron chi connectivity index (χ3n) is 0.323. The van der Waals surface area contributed by atoms with E-state index < -0.39 is 12.3 Å². The second-order valence-electron chi connectivity index (χ2n) is 0.880. The summed E-state index contributed by atoms with van der Waals surface area (Å²) >= 11 is 0. The van der Waals surface area contributed by atoms with Crippen LogP contribution < -0.4 is 0 Å². The van der Waals surface area contributed by atoms with E-state index in [1.165, 1.54) is 0 Å². The van der Waals surface area contributed by atoms with Crippen molar-refractivity contribution in [2.45, 2.75) is 0 Å². The molecule has 0 aromatic carbocycles. The molecule has 1 N–H and O–H groups in total. The molecule has 0 amide bonds. The van der Waals surface area contributed by atoms with Crippen LogP contribution in [0.3, 0.4) is 0 Å². The Balaban J connectivity index is 3.64. The van der Waals surface area contributed by atoms with Gasteiger partial charge in [-0.3, -0.25) is 0 Å². The van der Waals surface area contributed by atoms with Crippen molar-refractivity contribution in [3.63, 3.8) is 0 Å². The van der Waals surface area contributed by atoms with E-state index >= 15 is 0 Å². The summed E-state index contributed by atoms with van der Waals surface area (Å²) in [5, 5.41) is 9.99. The van der Waals surface area contributed by atoms with Crippen molar-refractivity contribution in [1.82, 2.24) is 0 Å². The Morgan fingerprint density at radius 1 is 1.60 bits per heavy atom. The Bertz CT molecular complexity index is 187. The van der Waals surface area contributed by atoms with Gasteiger partial charge < -0.3 is 14.7 Å². The molecule has 8 nitrogen and oxygen atoms in total. The molecule has 8 heteroatoms. The monoisotopic (exact) mass is 147 g/mol. The summed E-state index contributed by atoms with van der Waals surface area (Å²) < 4.78 is 3.34. The van der Waals surface area contributed by atoms with Crippen LogP contribution in [0, 0.1) is 0 Å². The maximum absolute atomic E-state index is 9.92. The molecule has 0 aliphatic rings. The number of ether oxygens (including phenoxy) is 1. The lowest BCUT2D eigenvalue weighted by atomic mass is 11.3. The van der Waals surface area contributed by atoms with Crippen molar-refractivity contribution < 1.29 is 24.3 Å². The molecule has 0 heterocycles. The molecule has 0 saturated heterocycles. The van der Waals surface area contributed by atoms with Crippen molar-refractivity contribution in [1.29, 1.82) is 0 Å². The Morgan fingerprint density at radius 2 is 2.20 bits per heavy atom. The minimum absolute atomic E-state index is 1.59. The molecule has 0 fully saturated rings. The fraction of sp³-hybridized carbons (Fsp3) is 0. The van der Waals surface area contributed by atoms with E-state index in [9.17, 15) is 9.59 Å². The zero-order valence-corrected chi connectivity index (χ0v) is 4.42. The molecule has 0 saturated carbocycles. The molecule has 0 aromatic heterocycles. The minimum atomic E-state index is -1.84.